The van der Waals surface area contributed by atoms with E-state index < -0.39 is 0 Å². The number of nitrogens with zero attached hydrogens (tertiary/aromatic N) is 2. The van der Waals surface area contributed by atoms with Crippen LogP contribution in [-0.4, -0.2) is 27.5 Å². The Morgan fingerprint density at radius 2 is 2.00 bits per heavy atom. The molecule has 0 spiro atoms. The molecule has 0 saturated carbocycles. The van der Waals surface area contributed by atoms with Gasteiger partial charge in [-0.3, -0.25) is 4.68 Å². The third-order valence-electron chi connectivity index (χ3n) is 3.26. The quantitative estimate of drug-likeness (QED) is 0.793. The molecule has 0 radical (unpaired) electrons. The van der Waals surface area contributed by atoms with Crippen LogP contribution in [0.2, 0.25) is 0 Å². The molecule has 0 bridgehead atoms. The summed E-state index contributed by atoms with van der Waals surface area (Å²) in [4.78, 5) is 0. The minimum absolute atomic E-state index is 0.281. The van der Waals surface area contributed by atoms with Crippen molar-refractivity contribution in [2.75, 3.05) is 6.54 Å². The van der Waals surface area contributed by atoms with E-state index in [0.717, 1.165) is 18.8 Å². The van der Waals surface area contributed by atoms with Crippen LogP contribution in [0.15, 0.2) is 0 Å². The number of nitrogens with one attached hydrogen (secondary N) is 1. The molecule has 4 heteroatoms. The molecule has 2 N–H and O–H groups in total. The van der Waals surface area contributed by atoms with Crippen LogP contribution in [0.5, 0.6) is 0 Å². The third-order valence-corrected chi connectivity index (χ3v) is 3.26. The molecule has 0 amide bonds. The Labute approximate surface area is 104 Å². The van der Waals surface area contributed by atoms with Gasteiger partial charge in [0, 0.05) is 30.9 Å². The number of hydrogen-bond acceptors (Lipinski definition) is 3. The Bertz CT molecular complexity index is 358. The van der Waals surface area contributed by atoms with Crippen LogP contribution in [0.25, 0.3) is 0 Å². The van der Waals surface area contributed by atoms with Crippen molar-refractivity contribution in [2.45, 2.75) is 53.8 Å². The van der Waals surface area contributed by atoms with E-state index in [1.807, 2.05) is 25.5 Å². The largest absolute Gasteiger partial charge is 0.392 e. The predicted octanol–water partition coefficient (Wildman–Crippen LogP) is 1.63. The molecule has 0 aromatic carbocycles. The number of aromatic nitrogens is 2. The van der Waals surface area contributed by atoms with Crippen LogP contribution in [0.3, 0.4) is 0 Å². The number of rotatable bonds is 6. The minimum Gasteiger partial charge on any atom is -0.392 e. The average molecular weight is 239 g/mol. The second-order valence-electron chi connectivity index (χ2n) is 4.91. The molecule has 0 aliphatic rings. The first kappa shape index (κ1) is 14.2. The lowest BCUT2D eigenvalue weighted by atomic mass is 10.1. The van der Waals surface area contributed by atoms with Crippen molar-refractivity contribution in [3.05, 3.63) is 17.0 Å². The van der Waals surface area contributed by atoms with E-state index in [9.17, 15) is 5.11 Å². The van der Waals surface area contributed by atoms with Gasteiger partial charge >= 0.3 is 0 Å². The highest BCUT2D eigenvalue weighted by Crippen LogP contribution is 2.12. The molecule has 98 valence electrons. The lowest BCUT2D eigenvalue weighted by Gasteiger charge is -2.15. The Hall–Kier alpha value is -0.870. The highest BCUT2D eigenvalue weighted by molar-refractivity contribution is 5.24. The van der Waals surface area contributed by atoms with Crippen LogP contribution in [-0.2, 0) is 13.1 Å². The average Bonchev–Trinajstić information content (AvgIpc) is 2.55. The van der Waals surface area contributed by atoms with Gasteiger partial charge in [0.1, 0.15) is 0 Å². The Morgan fingerprint density at radius 1 is 1.35 bits per heavy atom. The monoisotopic (exact) mass is 239 g/mol. The van der Waals surface area contributed by atoms with Crippen LogP contribution in [0, 0.1) is 19.8 Å². The van der Waals surface area contributed by atoms with Crippen LogP contribution in [0.4, 0.5) is 0 Å². The number of aliphatic hydroxyl groups excluding tert-OH is 1. The summed E-state index contributed by atoms with van der Waals surface area (Å²) < 4.78 is 2.02. The van der Waals surface area contributed by atoms with E-state index in [2.05, 4.69) is 24.3 Å². The fraction of sp³-hybridized carbons (Fsp3) is 0.769. The molecule has 0 saturated heterocycles. The van der Waals surface area contributed by atoms with Gasteiger partial charge in [0.2, 0.25) is 0 Å². The molecular formula is C13H25N3O. The Morgan fingerprint density at radius 3 is 2.47 bits per heavy atom. The van der Waals surface area contributed by atoms with E-state index in [0.29, 0.717) is 12.5 Å². The molecule has 1 unspecified atom stereocenters. The second kappa shape index (κ2) is 6.17. The summed E-state index contributed by atoms with van der Waals surface area (Å²) in [5.74, 6) is 0.294. The highest BCUT2D eigenvalue weighted by Gasteiger charge is 2.12. The molecule has 1 rings (SSSR count). The van der Waals surface area contributed by atoms with E-state index in [1.165, 1.54) is 11.3 Å². The van der Waals surface area contributed by atoms with E-state index in [4.69, 9.17) is 0 Å². The Balaban J connectivity index is 2.55. The highest BCUT2D eigenvalue weighted by atomic mass is 16.3. The van der Waals surface area contributed by atoms with Crippen LogP contribution >= 0.6 is 0 Å². The van der Waals surface area contributed by atoms with Gasteiger partial charge in [-0.25, -0.2) is 0 Å². The first-order valence-corrected chi connectivity index (χ1v) is 6.39. The Kier molecular flexibility index (Phi) is 5.15. The normalized spacial score (nSPS) is 13.4. The summed E-state index contributed by atoms with van der Waals surface area (Å²) in [6, 6.07) is 0. The number of aryl methyl sites for hydroxylation is 2. The molecule has 1 atom stereocenters. The first-order valence-electron chi connectivity index (χ1n) is 6.39. The first-order chi connectivity index (χ1) is 7.97. The van der Waals surface area contributed by atoms with Gasteiger partial charge in [0.15, 0.2) is 0 Å². The number of hydrogen-bond donors (Lipinski definition) is 2. The lowest BCUT2D eigenvalue weighted by Crippen LogP contribution is -2.30. The zero-order valence-corrected chi connectivity index (χ0v) is 11.6. The predicted molar refractivity (Wildman–Crippen MR) is 69.9 cm³/mol. The second-order valence-corrected chi connectivity index (χ2v) is 4.91. The smallest absolute Gasteiger partial charge is 0.0687 e. The van der Waals surface area contributed by atoms with Gasteiger partial charge in [-0.05, 0) is 26.7 Å². The standard InChI is InChI=1S/C13H25N3O/c1-6-16-11(5)12(10(4)15-16)7-14-8-13(17)9(2)3/h9,13-14,17H,6-8H2,1-5H3. The maximum Gasteiger partial charge on any atom is 0.0687 e. The zero-order chi connectivity index (χ0) is 13.0. The summed E-state index contributed by atoms with van der Waals surface area (Å²) >= 11 is 0. The molecule has 0 aliphatic carbocycles. The summed E-state index contributed by atoms with van der Waals surface area (Å²) in [5.41, 5.74) is 3.55. The summed E-state index contributed by atoms with van der Waals surface area (Å²) in [6.45, 7) is 12.6. The molecule has 0 aliphatic heterocycles. The van der Waals surface area contributed by atoms with Crippen molar-refractivity contribution >= 4 is 0 Å². The van der Waals surface area contributed by atoms with Gasteiger partial charge in [-0.1, -0.05) is 13.8 Å². The van der Waals surface area contributed by atoms with Gasteiger partial charge in [-0.2, -0.15) is 5.10 Å². The van der Waals surface area contributed by atoms with Crippen molar-refractivity contribution < 1.29 is 5.11 Å². The third kappa shape index (κ3) is 3.54. The van der Waals surface area contributed by atoms with Gasteiger partial charge in [0.25, 0.3) is 0 Å². The minimum atomic E-state index is -0.281. The van der Waals surface area contributed by atoms with E-state index >= 15 is 0 Å². The van der Waals surface area contributed by atoms with Crippen molar-refractivity contribution in [1.82, 2.24) is 15.1 Å². The molecular weight excluding hydrogens is 214 g/mol. The molecule has 17 heavy (non-hydrogen) atoms. The molecule has 1 aromatic rings. The summed E-state index contributed by atoms with van der Waals surface area (Å²) in [7, 11) is 0. The lowest BCUT2D eigenvalue weighted by molar-refractivity contribution is 0.123. The van der Waals surface area contributed by atoms with E-state index in [-0.39, 0.29) is 6.10 Å². The van der Waals surface area contributed by atoms with E-state index in [1.54, 1.807) is 0 Å². The summed E-state index contributed by atoms with van der Waals surface area (Å²) in [5, 5.41) is 17.5. The fourth-order valence-corrected chi connectivity index (χ4v) is 1.88. The number of aliphatic hydroxyl groups is 1. The fourth-order valence-electron chi connectivity index (χ4n) is 1.88. The van der Waals surface area contributed by atoms with Crippen molar-refractivity contribution in [3.8, 4) is 0 Å². The van der Waals surface area contributed by atoms with Gasteiger partial charge in [0.05, 0.1) is 11.8 Å². The summed E-state index contributed by atoms with van der Waals surface area (Å²) in [6.07, 6.45) is -0.281. The van der Waals surface area contributed by atoms with Crippen molar-refractivity contribution in [3.63, 3.8) is 0 Å². The maximum atomic E-state index is 9.71. The van der Waals surface area contributed by atoms with Crippen molar-refractivity contribution in [1.29, 1.82) is 0 Å². The maximum absolute atomic E-state index is 9.71. The SMILES string of the molecule is CCn1nc(C)c(CNCC(O)C(C)C)c1C. The van der Waals surface area contributed by atoms with Gasteiger partial charge in [-0.15, -0.1) is 0 Å². The molecule has 1 heterocycles. The zero-order valence-electron chi connectivity index (χ0n) is 11.6. The van der Waals surface area contributed by atoms with Crippen LogP contribution < -0.4 is 5.32 Å². The molecule has 0 fully saturated rings. The topological polar surface area (TPSA) is 50.1 Å². The van der Waals surface area contributed by atoms with Gasteiger partial charge < -0.3 is 10.4 Å². The van der Waals surface area contributed by atoms with Crippen LogP contribution in [0.1, 0.15) is 37.7 Å². The van der Waals surface area contributed by atoms with Crippen molar-refractivity contribution in [2.24, 2.45) is 5.92 Å². The molecule has 4 nitrogen and oxygen atoms in total. The molecule has 1 aromatic heterocycles.